The Morgan fingerprint density at radius 1 is 1.52 bits per heavy atom. The van der Waals surface area contributed by atoms with Crippen molar-refractivity contribution in [1.29, 1.82) is 0 Å². The Balaban J connectivity index is 0.00000264. The predicted molar refractivity (Wildman–Crippen MR) is 110 cm³/mol. The van der Waals surface area contributed by atoms with Crippen molar-refractivity contribution in [2.45, 2.75) is 45.7 Å². The molecule has 1 saturated heterocycles. The Hall–Kier alpha value is -0.410. The van der Waals surface area contributed by atoms with E-state index in [0.717, 1.165) is 36.3 Å². The predicted octanol–water partition coefficient (Wildman–Crippen LogP) is 2.95. The molecule has 23 heavy (non-hydrogen) atoms. The molecule has 1 aromatic heterocycles. The van der Waals surface area contributed by atoms with Crippen molar-refractivity contribution < 1.29 is 0 Å². The largest absolute Gasteiger partial charge is 0.355 e. The molecule has 0 saturated carbocycles. The number of guanidine groups is 1. The normalized spacial score (nSPS) is 19.3. The third-order valence-corrected chi connectivity index (χ3v) is 5.08. The topological polar surface area (TPSA) is 43.8 Å². The van der Waals surface area contributed by atoms with Crippen LogP contribution in [0.1, 0.15) is 36.9 Å². The lowest BCUT2D eigenvalue weighted by Crippen LogP contribution is -2.45. The number of thiazole rings is 1. The van der Waals surface area contributed by atoms with Crippen LogP contribution in [0.15, 0.2) is 10.4 Å². The van der Waals surface area contributed by atoms with Crippen LogP contribution < -0.4 is 5.32 Å². The van der Waals surface area contributed by atoms with Gasteiger partial charge in [0.2, 0.25) is 0 Å². The summed E-state index contributed by atoms with van der Waals surface area (Å²) in [5.41, 5.74) is 1.11. The van der Waals surface area contributed by atoms with Gasteiger partial charge in [-0.25, -0.2) is 4.98 Å². The Bertz CT molecular complexity index is 491. The minimum Gasteiger partial charge on any atom is -0.355 e. The highest BCUT2D eigenvalue weighted by molar-refractivity contribution is 14.0. The van der Waals surface area contributed by atoms with Crippen LogP contribution in [0.2, 0.25) is 0 Å². The van der Waals surface area contributed by atoms with Crippen LogP contribution in [0.5, 0.6) is 0 Å². The van der Waals surface area contributed by atoms with Crippen LogP contribution in [0, 0.1) is 6.92 Å². The summed E-state index contributed by atoms with van der Waals surface area (Å²) >= 11 is 1.70. The number of likely N-dealkylation sites (tertiary alicyclic amines) is 1. The molecule has 1 aliphatic rings. The molecule has 0 aromatic carbocycles. The van der Waals surface area contributed by atoms with Gasteiger partial charge in [0.25, 0.3) is 0 Å². The number of hydrogen-bond donors (Lipinski definition) is 1. The molecule has 0 bridgehead atoms. The second-order valence-electron chi connectivity index (χ2n) is 6.07. The maximum absolute atomic E-state index is 4.52. The standard InChI is InChI=1S/C16H29N5S.HI/c1-13-7-5-6-9-21(13)10-8-18-16(17-3)20(4)11-15-12-22-14(2)19-15;/h12-13H,5-11H2,1-4H3,(H,17,18);1H. The van der Waals surface area contributed by atoms with E-state index in [1.54, 1.807) is 11.3 Å². The monoisotopic (exact) mass is 451 g/mol. The van der Waals surface area contributed by atoms with Crippen molar-refractivity contribution in [1.82, 2.24) is 20.1 Å². The highest BCUT2D eigenvalue weighted by Gasteiger charge is 2.17. The van der Waals surface area contributed by atoms with E-state index in [1.165, 1.54) is 25.8 Å². The summed E-state index contributed by atoms with van der Waals surface area (Å²) in [7, 11) is 3.90. The molecular weight excluding hydrogens is 421 g/mol. The lowest BCUT2D eigenvalue weighted by Gasteiger charge is -2.33. The van der Waals surface area contributed by atoms with E-state index in [1.807, 2.05) is 14.0 Å². The fourth-order valence-corrected chi connectivity index (χ4v) is 3.59. The number of rotatable bonds is 5. The number of piperidine rings is 1. The van der Waals surface area contributed by atoms with Crippen molar-refractivity contribution in [2.75, 3.05) is 33.7 Å². The summed E-state index contributed by atoms with van der Waals surface area (Å²) in [4.78, 5) is 13.6. The van der Waals surface area contributed by atoms with E-state index in [9.17, 15) is 0 Å². The van der Waals surface area contributed by atoms with Gasteiger partial charge >= 0.3 is 0 Å². The minimum absolute atomic E-state index is 0. The van der Waals surface area contributed by atoms with Crippen LogP contribution in [-0.4, -0.2) is 60.5 Å². The van der Waals surface area contributed by atoms with E-state index < -0.39 is 0 Å². The highest BCUT2D eigenvalue weighted by atomic mass is 127. The molecule has 0 aliphatic carbocycles. The lowest BCUT2D eigenvalue weighted by molar-refractivity contribution is 0.163. The van der Waals surface area contributed by atoms with Crippen LogP contribution in [0.25, 0.3) is 0 Å². The van der Waals surface area contributed by atoms with Crippen molar-refractivity contribution in [3.05, 3.63) is 16.1 Å². The molecule has 2 heterocycles. The third-order valence-electron chi connectivity index (χ3n) is 4.26. The number of nitrogens with one attached hydrogen (secondary N) is 1. The van der Waals surface area contributed by atoms with Crippen molar-refractivity contribution >= 4 is 41.3 Å². The van der Waals surface area contributed by atoms with E-state index in [4.69, 9.17) is 0 Å². The fraction of sp³-hybridized carbons (Fsp3) is 0.750. The molecule has 1 N–H and O–H groups in total. The first-order chi connectivity index (χ1) is 10.6. The molecule has 0 amide bonds. The summed E-state index contributed by atoms with van der Waals surface area (Å²) < 4.78 is 0. The first-order valence-electron chi connectivity index (χ1n) is 8.17. The summed E-state index contributed by atoms with van der Waals surface area (Å²) in [6.07, 6.45) is 4.04. The molecule has 1 aliphatic heterocycles. The zero-order chi connectivity index (χ0) is 15.9. The zero-order valence-corrected chi connectivity index (χ0v) is 17.9. The summed E-state index contributed by atoms with van der Waals surface area (Å²) in [5.74, 6) is 0.940. The molecule has 1 unspecified atom stereocenters. The Kier molecular flexibility index (Phi) is 9.38. The number of hydrogen-bond acceptors (Lipinski definition) is 4. The number of aliphatic imine (C=N–C) groups is 1. The number of nitrogens with zero attached hydrogens (tertiary/aromatic N) is 4. The van der Waals surface area contributed by atoms with Gasteiger partial charge < -0.3 is 10.2 Å². The smallest absolute Gasteiger partial charge is 0.193 e. The van der Waals surface area contributed by atoms with Gasteiger partial charge in [0, 0.05) is 38.6 Å². The van der Waals surface area contributed by atoms with Gasteiger partial charge in [-0.15, -0.1) is 35.3 Å². The SMILES string of the molecule is CN=C(NCCN1CCCCC1C)N(C)Cc1csc(C)n1.I. The molecular formula is C16H30IN5S. The molecule has 2 rings (SSSR count). The summed E-state index contributed by atoms with van der Waals surface area (Å²) in [5, 5.41) is 6.71. The molecule has 0 spiro atoms. The molecule has 5 nitrogen and oxygen atoms in total. The Morgan fingerprint density at radius 3 is 2.91 bits per heavy atom. The van der Waals surface area contributed by atoms with Gasteiger partial charge in [0.1, 0.15) is 0 Å². The summed E-state index contributed by atoms with van der Waals surface area (Å²) in [6, 6.07) is 0.716. The third kappa shape index (κ3) is 6.54. The highest BCUT2D eigenvalue weighted by Crippen LogP contribution is 2.15. The Morgan fingerprint density at radius 2 is 2.30 bits per heavy atom. The van der Waals surface area contributed by atoms with E-state index in [2.05, 4.69) is 44.4 Å². The number of aromatic nitrogens is 1. The first-order valence-corrected chi connectivity index (χ1v) is 9.05. The van der Waals surface area contributed by atoms with Crippen LogP contribution >= 0.6 is 35.3 Å². The van der Waals surface area contributed by atoms with Crippen molar-refractivity contribution in [2.24, 2.45) is 4.99 Å². The fourth-order valence-electron chi connectivity index (χ4n) is 2.98. The maximum Gasteiger partial charge on any atom is 0.193 e. The first kappa shape index (κ1) is 20.6. The zero-order valence-electron chi connectivity index (χ0n) is 14.7. The summed E-state index contributed by atoms with van der Waals surface area (Å²) in [6.45, 7) is 8.44. The maximum atomic E-state index is 4.52. The lowest BCUT2D eigenvalue weighted by atomic mass is 10.0. The Labute approximate surface area is 161 Å². The average molecular weight is 451 g/mol. The van der Waals surface area contributed by atoms with E-state index >= 15 is 0 Å². The molecule has 1 aromatic rings. The number of halogens is 1. The molecule has 1 atom stereocenters. The minimum atomic E-state index is 0. The second-order valence-corrected chi connectivity index (χ2v) is 7.13. The van der Waals surface area contributed by atoms with Crippen molar-refractivity contribution in [3.8, 4) is 0 Å². The average Bonchev–Trinajstić information content (AvgIpc) is 2.90. The quantitative estimate of drug-likeness (QED) is 0.425. The van der Waals surface area contributed by atoms with E-state index in [0.29, 0.717) is 6.04 Å². The van der Waals surface area contributed by atoms with Gasteiger partial charge in [-0.2, -0.15) is 0 Å². The van der Waals surface area contributed by atoms with Gasteiger partial charge in [-0.1, -0.05) is 6.42 Å². The molecule has 7 heteroatoms. The second kappa shape index (κ2) is 10.5. The van der Waals surface area contributed by atoms with Gasteiger partial charge in [0.05, 0.1) is 17.2 Å². The molecule has 1 fully saturated rings. The van der Waals surface area contributed by atoms with Crippen molar-refractivity contribution in [3.63, 3.8) is 0 Å². The van der Waals surface area contributed by atoms with Gasteiger partial charge in [-0.05, 0) is 33.2 Å². The van der Waals surface area contributed by atoms with Crippen LogP contribution in [-0.2, 0) is 6.54 Å². The molecule has 0 radical (unpaired) electrons. The van der Waals surface area contributed by atoms with E-state index in [-0.39, 0.29) is 24.0 Å². The van der Waals surface area contributed by atoms with Gasteiger partial charge in [-0.3, -0.25) is 9.89 Å². The van der Waals surface area contributed by atoms with Crippen LogP contribution in [0.3, 0.4) is 0 Å². The molecule has 132 valence electrons. The number of aryl methyl sites for hydroxylation is 1. The van der Waals surface area contributed by atoms with Gasteiger partial charge in [0.15, 0.2) is 5.96 Å². The van der Waals surface area contributed by atoms with Crippen LogP contribution in [0.4, 0.5) is 0 Å².